The second-order valence-electron chi connectivity index (χ2n) is 6.99. The quantitative estimate of drug-likeness (QED) is 0.495. The summed E-state index contributed by atoms with van der Waals surface area (Å²) in [5.74, 6) is 4.56. The molecule has 1 saturated heterocycles. The van der Waals surface area contributed by atoms with Crippen LogP contribution in [0.3, 0.4) is 0 Å². The first kappa shape index (κ1) is 22.6. The van der Waals surface area contributed by atoms with Gasteiger partial charge in [-0.3, -0.25) is 4.21 Å². The molecule has 0 spiro atoms. The maximum absolute atomic E-state index is 12.3. The molecule has 27 heavy (non-hydrogen) atoms. The van der Waals surface area contributed by atoms with Crippen LogP contribution >= 0.6 is 11.8 Å². The molecule has 6 heteroatoms. The van der Waals surface area contributed by atoms with E-state index in [1.807, 2.05) is 30.0 Å². The Balaban J connectivity index is 0.000000451. The first-order valence-corrected chi connectivity index (χ1v) is 12.7. The lowest BCUT2D eigenvalue weighted by atomic mass is 10.1. The molecular weight excluding hydrogens is 380 g/mol. The smallest absolute Gasteiger partial charge is 0.231 e. The normalized spacial score (nSPS) is 17.3. The first-order chi connectivity index (χ1) is 13.2. The van der Waals surface area contributed by atoms with E-state index in [9.17, 15) is 4.21 Å². The Kier molecular flexibility index (Phi) is 11.2. The second-order valence-corrected chi connectivity index (χ2v) is 10.0. The fraction of sp³-hybridized carbons (Fsp3) is 0.714. The maximum atomic E-state index is 12.3. The third-order valence-electron chi connectivity index (χ3n) is 4.65. The summed E-state index contributed by atoms with van der Waals surface area (Å²) in [4.78, 5) is 0. The average molecular weight is 415 g/mol. The van der Waals surface area contributed by atoms with Gasteiger partial charge in [-0.1, -0.05) is 52.0 Å². The van der Waals surface area contributed by atoms with Crippen LogP contribution in [-0.2, 0) is 22.0 Å². The molecule has 0 bridgehead atoms. The lowest BCUT2D eigenvalue weighted by Crippen LogP contribution is -2.16. The van der Waals surface area contributed by atoms with Gasteiger partial charge in [0.2, 0.25) is 6.79 Å². The van der Waals surface area contributed by atoms with Crippen molar-refractivity contribution in [1.29, 1.82) is 0 Å². The maximum Gasteiger partial charge on any atom is 0.231 e. The van der Waals surface area contributed by atoms with Crippen LogP contribution in [0.5, 0.6) is 11.5 Å². The molecule has 0 radical (unpaired) electrons. The van der Waals surface area contributed by atoms with Crippen LogP contribution in [0.25, 0.3) is 0 Å². The van der Waals surface area contributed by atoms with Crippen molar-refractivity contribution in [3.8, 4) is 11.5 Å². The molecule has 1 aromatic carbocycles. The van der Waals surface area contributed by atoms with E-state index in [0.29, 0.717) is 6.79 Å². The van der Waals surface area contributed by atoms with Crippen LogP contribution in [0.4, 0.5) is 0 Å². The summed E-state index contributed by atoms with van der Waals surface area (Å²) in [6.07, 6.45) is 8.32. The van der Waals surface area contributed by atoms with Gasteiger partial charge in [-0.05, 0) is 30.5 Å². The minimum absolute atomic E-state index is 0.191. The van der Waals surface area contributed by atoms with Crippen LogP contribution in [0.1, 0.15) is 57.9 Å². The molecule has 2 atom stereocenters. The number of ether oxygens (including phenoxy) is 3. The van der Waals surface area contributed by atoms with Gasteiger partial charge >= 0.3 is 0 Å². The van der Waals surface area contributed by atoms with Gasteiger partial charge in [0.25, 0.3) is 0 Å². The molecule has 2 aliphatic heterocycles. The highest BCUT2D eigenvalue weighted by atomic mass is 32.2. The van der Waals surface area contributed by atoms with Gasteiger partial charge in [-0.25, -0.2) is 0 Å². The standard InChI is InChI=1S/C18H28O3S.C3H6OS/c1-3-4-5-6-7-8-11-22(19)15(2)12-16-9-10-17-18(13-16)21-14-20-17;1-2-5-3-4-1/h9-10,13,15H,3-8,11-12,14H2,1-2H3;1-3H2. The number of fused-ring (bicyclic) bond motifs is 1. The summed E-state index contributed by atoms with van der Waals surface area (Å²) in [5, 5.41) is 0.191. The molecule has 2 aliphatic rings. The first-order valence-electron chi connectivity index (χ1n) is 10.1. The van der Waals surface area contributed by atoms with Crippen molar-refractivity contribution in [3.05, 3.63) is 23.8 Å². The molecule has 0 aromatic heterocycles. The van der Waals surface area contributed by atoms with E-state index >= 15 is 0 Å². The highest BCUT2D eigenvalue weighted by Crippen LogP contribution is 2.33. The molecule has 1 aromatic rings. The fourth-order valence-corrected chi connectivity index (χ4v) is 4.87. The van der Waals surface area contributed by atoms with Gasteiger partial charge in [-0.2, -0.15) is 0 Å². The second kappa shape index (κ2) is 13.5. The van der Waals surface area contributed by atoms with Crippen LogP contribution in [0, 0.1) is 0 Å². The van der Waals surface area contributed by atoms with Crippen LogP contribution in [-0.4, -0.2) is 40.3 Å². The molecule has 0 amide bonds. The summed E-state index contributed by atoms with van der Waals surface area (Å²) in [5.41, 5.74) is 1.17. The zero-order chi connectivity index (χ0) is 19.3. The van der Waals surface area contributed by atoms with Gasteiger partial charge in [0, 0.05) is 27.6 Å². The molecule has 2 heterocycles. The van der Waals surface area contributed by atoms with Crippen LogP contribution in [0.2, 0.25) is 0 Å². The number of thioether (sulfide) groups is 1. The molecular formula is C21H34O4S2. The van der Waals surface area contributed by atoms with Crippen molar-refractivity contribution in [3.63, 3.8) is 0 Å². The van der Waals surface area contributed by atoms with E-state index in [0.717, 1.165) is 42.6 Å². The van der Waals surface area contributed by atoms with Crippen LogP contribution < -0.4 is 9.47 Å². The zero-order valence-electron chi connectivity index (χ0n) is 16.7. The Morgan fingerprint density at radius 1 is 1.11 bits per heavy atom. The van der Waals surface area contributed by atoms with Crippen molar-refractivity contribution < 1.29 is 18.4 Å². The van der Waals surface area contributed by atoms with Crippen LogP contribution in [0.15, 0.2) is 18.2 Å². The van der Waals surface area contributed by atoms with Gasteiger partial charge in [0.1, 0.15) is 0 Å². The number of hydrogen-bond acceptors (Lipinski definition) is 5. The van der Waals surface area contributed by atoms with Crippen molar-refractivity contribution in [2.24, 2.45) is 0 Å². The summed E-state index contributed by atoms with van der Waals surface area (Å²) in [7, 11) is -0.743. The molecule has 0 saturated carbocycles. The average Bonchev–Trinajstić information content (AvgIpc) is 3.38. The van der Waals surface area contributed by atoms with E-state index in [2.05, 4.69) is 13.8 Å². The third-order valence-corrected chi connectivity index (χ3v) is 7.19. The Bertz CT molecular complexity index is 554. The van der Waals surface area contributed by atoms with E-state index < -0.39 is 10.8 Å². The van der Waals surface area contributed by atoms with E-state index in [4.69, 9.17) is 14.2 Å². The Morgan fingerprint density at radius 2 is 1.89 bits per heavy atom. The molecule has 3 rings (SSSR count). The Labute approximate surface area is 171 Å². The fourth-order valence-electron chi connectivity index (χ4n) is 3.01. The highest BCUT2D eigenvalue weighted by Gasteiger charge is 2.16. The van der Waals surface area contributed by atoms with Gasteiger partial charge in [0.15, 0.2) is 11.5 Å². The van der Waals surface area contributed by atoms with E-state index in [1.165, 1.54) is 43.4 Å². The van der Waals surface area contributed by atoms with Crippen molar-refractivity contribution in [1.82, 2.24) is 0 Å². The van der Waals surface area contributed by atoms with Crippen molar-refractivity contribution in [2.45, 2.75) is 64.0 Å². The number of hydrogen-bond donors (Lipinski definition) is 0. The molecule has 0 aliphatic carbocycles. The summed E-state index contributed by atoms with van der Waals surface area (Å²) >= 11 is 1.85. The summed E-state index contributed by atoms with van der Waals surface area (Å²) in [6.45, 7) is 5.58. The summed E-state index contributed by atoms with van der Waals surface area (Å²) < 4.78 is 27.9. The lowest BCUT2D eigenvalue weighted by molar-refractivity contribution is 0.174. The largest absolute Gasteiger partial charge is 0.454 e. The number of unbranched alkanes of at least 4 members (excludes halogenated alkanes) is 5. The van der Waals surface area contributed by atoms with Gasteiger partial charge in [0.05, 0.1) is 12.5 Å². The van der Waals surface area contributed by atoms with Crippen molar-refractivity contribution >= 4 is 22.6 Å². The molecule has 4 nitrogen and oxygen atoms in total. The predicted molar refractivity (Wildman–Crippen MR) is 115 cm³/mol. The molecule has 0 N–H and O–H groups in total. The molecule has 154 valence electrons. The third kappa shape index (κ3) is 8.88. The highest BCUT2D eigenvalue weighted by molar-refractivity contribution is 7.99. The number of benzene rings is 1. The van der Waals surface area contributed by atoms with Gasteiger partial charge < -0.3 is 14.2 Å². The molecule has 2 unspecified atom stereocenters. The Morgan fingerprint density at radius 3 is 2.59 bits per heavy atom. The van der Waals surface area contributed by atoms with E-state index in [1.54, 1.807) is 0 Å². The molecule has 1 fully saturated rings. The zero-order valence-corrected chi connectivity index (χ0v) is 18.4. The van der Waals surface area contributed by atoms with E-state index in [-0.39, 0.29) is 5.25 Å². The predicted octanol–water partition coefficient (Wildman–Crippen LogP) is 5.16. The minimum Gasteiger partial charge on any atom is -0.454 e. The van der Waals surface area contributed by atoms with Gasteiger partial charge in [-0.15, -0.1) is 11.8 Å². The minimum atomic E-state index is -0.743. The lowest BCUT2D eigenvalue weighted by Gasteiger charge is -2.12. The Hall–Kier alpha value is -0.720. The topological polar surface area (TPSA) is 44.8 Å². The monoisotopic (exact) mass is 414 g/mol. The number of rotatable bonds is 10. The SMILES string of the molecule is C1CSCO1.CCCCCCCCS(=O)C(C)Cc1ccc2c(c1)OCO2. The summed E-state index contributed by atoms with van der Waals surface area (Å²) in [6, 6.07) is 6.01. The van der Waals surface area contributed by atoms with Crippen molar-refractivity contribution in [2.75, 3.05) is 30.8 Å².